The molecule has 0 aliphatic rings. The summed E-state index contributed by atoms with van der Waals surface area (Å²) in [6, 6.07) is 0. The lowest BCUT2D eigenvalue weighted by molar-refractivity contribution is -0.161. The Morgan fingerprint density at radius 1 is 0.314 bits per heavy atom. The molecule has 0 spiro atoms. The van der Waals surface area contributed by atoms with Gasteiger partial charge in [-0.15, -0.1) is 0 Å². The van der Waals surface area contributed by atoms with Crippen molar-refractivity contribution in [2.75, 3.05) is 39.6 Å². The third-order valence-electron chi connectivity index (χ3n) is 15.5. The Morgan fingerprint density at radius 2 is 0.535 bits per heavy atom. The number of aliphatic hydroxyl groups is 1. The van der Waals surface area contributed by atoms with Crippen LogP contribution in [0.4, 0.5) is 0 Å². The van der Waals surface area contributed by atoms with E-state index in [1.165, 1.54) is 154 Å². The van der Waals surface area contributed by atoms with Gasteiger partial charge in [0.25, 0.3) is 0 Å². The summed E-state index contributed by atoms with van der Waals surface area (Å²) < 4.78 is 68.1. The average molecular weight is 1270 g/mol. The summed E-state index contributed by atoms with van der Waals surface area (Å²) >= 11 is 0. The largest absolute Gasteiger partial charge is 0.472 e. The molecule has 2 unspecified atom stereocenters. The molecule has 0 aliphatic heterocycles. The maximum absolute atomic E-state index is 13.0. The van der Waals surface area contributed by atoms with Crippen molar-refractivity contribution in [1.82, 2.24) is 0 Å². The molecule has 0 aliphatic carbocycles. The Morgan fingerprint density at radius 3 is 0.791 bits per heavy atom. The molecule has 0 amide bonds. The van der Waals surface area contributed by atoms with E-state index in [-0.39, 0.29) is 25.7 Å². The van der Waals surface area contributed by atoms with Gasteiger partial charge in [-0.2, -0.15) is 0 Å². The minimum absolute atomic E-state index is 0.104. The van der Waals surface area contributed by atoms with Gasteiger partial charge in [-0.25, -0.2) is 9.13 Å². The second-order valence-electron chi connectivity index (χ2n) is 25.2. The number of rotatable bonds is 66. The van der Waals surface area contributed by atoms with Crippen LogP contribution in [0.3, 0.4) is 0 Å². The van der Waals surface area contributed by atoms with E-state index in [4.69, 9.17) is 37.0 Å². The maximum atomic E-state index is 13.0. The Kier molecular flexibility index (Phi) is 58.0. The number of aliphatic hydroxyl groups excluding tert-OH is 1. The zero-order chi connectivity index (χ0) is 63.6. The highest BCUT2D eigenvalue weighted by Crippen LogP contribution is 2.45. The summed E-state index contributed by atoms with van der Waals surface area (Å²) in [6.07, 6.45) is 43.0. The number of phosphoric ester groups is 2. The molecule has 0 fully saturated rings. The normalized spacial score (nSPS) is 14.2. The Bertz CT molecular complexity index is 1680. The topological polar surface area (TPSA) is 237 Å². The molecule has 0 saturated heterocycles. The first-order chi connectivity index (χ1) is 41.4. The first-order valence-electron chi connectivity index (χ1n) is 35.0. The molecular weight excluding hydrogens is 1140 g/mol. The monoisotopic (exact) mass is 1270 g/mol. The van der Waals surface area contributed by atoms with Crippen LogP contribution >= 0.6 is 15.6 Å². The highest BCUT2D eigenvalue weighted by Gasteiger charge is 2.30. The van der Waals surface area contributed by atoms with Crippen LogP contribution in [0.15, 0.2) is 0 Å². The number of phosphoric acid groups is 2. The van der Waals surface area contributed by atoms with Crippen molar-refractivity contribution in [3.8, 4) is 0 Å². The van der Waals surface area contributed by atoms with Crippen molar-refractivity contribution in [2.24, 2.45) is 11.8 Å². The first kappa shape index (κ1) is 84.1. The molecule has 86 heavy (non-hydrogen) atoms. The third-order valence-corrected chi connectivity index (χ3v) is 17.4. The lowest BCUT2D eigenvalue weighted by Crippen LogP contribution is -2.30. The highest BCUT2D eigenvalue weighted by atomic mass is 31.2. The number of hydrogen-bond acceptors (Lipinski definition) is 15. The molecule has 0 heterocycles. The number of esters is 4. The molecule has 0 saturated carbocycles. The minimum Gasteiger partial charge on any atom is -0.462 e. The van der Waals surface area contributed by atoms with Gasteiger partial charge in [-0.05, 0) is 37.5 Å². The van der Waals surface area contributed by atoms with E-state index in [2.05, 4.69) is 41.5 Å². The summed E-state index contributed by atoms with van der Waals surface area (Å²) in [7, 11) is -9.89. The van der Waals surface area contributed by atoms with Crippen LogP contribution in [0, 0.1) is 11.8 Å². The van der Waals surface area contributed by atoms with Crippen molar-refractivity contribution in [3.63, 3.8) is 0 Å². The zero-order valence-corrected chi connectivity index (χ0v) is 57.4. The minimum atomic E-state index is -4.95. The average Bonchev–Trinajstić information content (AvgIpc) is 3.68. The lowest BCUT2D eigenvalue weighted by atomic mass is 10.0. The molecule has 5 atom stereocenters. The van der Waals surface area contributed by atoms with E-state index in [1.807, 2.05) is 0 Å². The maximum Gasteiger partial charge on any atom is 0.472 e. The molecule has 0 bridgehead atoms. The van der Waals surface area contributed by atoms with Crippen LogP contribution in [0.2, 0.25) is 0 Å². The molecule has 0 aromatic rings. The summed E-state index contributed by atoms with van der Waals surface area (Å²) in [5, 5.41) is 10.6. The molecule has 0 aromatic carbocycles. The summed E-state index contributed by atoms with van der Waals surface area (Å²) in [5.74, 6) is -0.669. The van der Waals surface area contributed by atoms with Crippen molar-refractivity contribution in [1.29, 1.82) is 0 Å². The smallest absolute Gasteiger partial charge is 0.462 e. The number of hydrogen-bond donors (Lipinski definition) is 3. The molecule has 0 rings (SSSR count). The van der Waals surface area contributed by atoms with Crippen molar-refractivity contribution >= 4 is 39.5 Å². The standard InChI is InChI=1S/C67H130O17P2/c1-7-9-11-13-15-17-19-22-26-32-38-44-50-65(70)78-55-62(83-66(71)51-45-39-33-27-23-20-21-24-29-35-41-47-59(3)4)57-81-85(73,74)79-53-61(68)54-80-86(75,76)82-58-63(84-67(72)52-46-40-34-28-30-36-42-48-60(5)6)56-77-64(69)49-43-37-31-25-18-16-14-12-10-8-2/h59-63,68H,7-58H2,1-6H3,(H,73,74)(H,75,76)/t61-,62-,63-/m1/s1. The van der Waals surface area contributed by atoms with Crippen LogP contribution < -0.4 is 0 Å². The molecule has 510 valence electrons. The van der Waals surface area contributed by atoms with Crippen LogP contribution in [0.25, 0.3) is 0 Å². The van der Waals surface area contributed by atoms with E-state index >= 15 is 0 Å². The van der Waals surface area contributed by atoms with E-state index in [0.717, 1.165) is 95.8 Å². The molecular formula is C67H130O17P2. The lowest BCUT2D eigenvalue weighted by Gasteiger charge is -2.21. The quantitative estimate of drug-likeness (QED) is 0.0222. The predicted molar refractivity (Wildman–Crippen MR) is 345 cm³/mol. The zero-order valence-electron chi connectivity index (χ0n) is 55.6. The van der Waals surface area contributed by atoms with Gasteiger partial charge in [0.2, 0.25) is 0 Å². The summed E-state index contributed by atoms with van der Waals surface area (Å²) in [6.45, 7) is 9.45. The van der Waals surface area contributed by atoms with Crippen LogP contribution in [0.5, 0.6) is 0 Å². The van der Waals surface area contributed by atoms with Crippen LogP contribution in [0.1, 0.15) is 337 Å². The number of carbonyl (C=O) groups excluding carboxylic acids is 4. The second-order valence-corrected chi connectivity index (χ2v) is 28.1. The SMILES string of the molecule is CCCCCCCCCCCCCCC(=O)OC[C@H](COP(=O)(O)OC[C@@H](O)COP(=O)(O)OC[C@@H](COC(=O)CCCCCCCCCCCC)OC(=O)CCCCCCCCCC(C)C)OC(=O)CCCCCCCCCCCCCC(C)C. The van der Waals surface area contributed by atoms with Gasteiger partial charge in [0, 0.05) is 25.7 Å². The van der Waals surface area contributed by atoms with Gasteiger partial charge in [0.15, 0.2) is 12.2 Å². The number of ether oxygens (including phenoxy) is 4. The van der Waals surface area contributed by atoms with Crippen molar-refractivity contribution in [3.05, 3.63) is 0 Å². The fraction of sp³-hybridized carbons (Fsp3) is 0.940. The summed E-state index contributed by atoms with van der Waals surface area (Å²) in [4.78, 5) is 72.3. The Hall–Kier alpha value is -1.94. The van der Waals surface area contributed by atoms with Crippen LogP contribution in [-0.4, -0.2) is 96.7 Å². The van der Waals surface area contributed by atoms with E-state index in [0.29, 0.717) is 31.6 Å². The Labute approximate surface area is 524 Å². The fourth-order valence-electron chi connectivity index (χ4n) is 10.1. The van der Waals surface area contributed by atoms with Crippen molar-refractivity contribution in [2.45, 2.75) is 355 Å². The van der Waals surface area contributed by atoms with Gasteiger partial charge >= 0.3 is 39.5 Å². The molecule has 0 aromatic heterocycles. The third kappa shape index (κ3) is 60.9. The van der Waals surface area contributed by atoms with Crippen molar-refractivity contribution < 1.29 is 80.2 Å². The van der Waals surface area contributed by atoms with Gasteiger partial charge in [-0.1, -0.05) is 286 Å². The molecule has 3 N–H and O–H groups in total. The second kappa shape index (κ2) is 59.4. The fourth-order valence-corrected chi connectivity index (χ4v) is 11.6. The Balaban J connectivity index is 5.24. The van der Waals surface area contributed by atoms with Gasteiger partial charge in [-0.3, -0.25) is 37.3 Å². The van der Waals surface area contributed by atoms with E-state index in [1.54, 1.807) is 0 Å². The number of carbonyl (C=O) groups is 4. The summed E-state index contributed by atoms with van der Waals surface area (Å²) in [5.41, 5.74) is 0. The molecule has 19 heteroatoms. The van der Waals surface area contributed by atoms with Gasteiger partial charge in [0.05, 0.1) is 26.4 Å². The predicted octanol–water partition coefficient (Wildman–Crippen LogP) is 18.8. The number of unbranched alkanes of at least 4 members (excludes halogenated alkanes) is 36. The van der Waals surface area contributed by atoms with E-state index in [9.17, 15) is 43.2 Å². The van der Waals surface area contributed by atoms with Gasteiger partial charge in [0.1, 0.15) is 19.3 Å². The van der Waals surface area contributed by atoms with Gasteiger partial charge < -0.3 is 33.8 Å². The van der Waals surface area contributed by atoms with E-state index < -0.39 is 97.5 Å². The molecule has 0 radical (unpaired) electrons. The first-order valence-corrected chi connectivity index (χ1v) is 38.0. The highest BCUT2D eigenvalue weighted by molar-refractivity contribution is 7.47. The molecule has 17 nitrogen and oxygen atoms in total. The van der Waals surface area contributed by atoms with Crippen LogP contribution in [-0.2, 0) is 65.4 Å².